The number of aromatic nitrogens is 5. The molecule has 0 radical (unpaired) electrons. The summed E-state index contributed by atoms with van der Waals surface area (Å²) in [5.74, 6) is 0.983. The molecule has 10 nitrogen and oxygen atoms in total. The first-order valence-corrected chi connectivity index (χ1v) is 12.2. The summed E-state index contributed by atoms with van der Waals surface area (Å²) >= 11 is 0. The summed E-state index contributed by atoms with van der Waals surface area (Å²) in [5, 5.41) is 16.6. The fraction of sp³-hybridized carbons (Fsp3) is 0.333. The number of anilines is 1. The number of aryl methyl sites for hydroxylation is 2. The Hall–Kier alpha value is -4.34. The van der Waals surface area contributed by atoms with Gasteiger partial charge in [0.2, 0.25) is 5.95 Å². The molecule has 4 aromatic rings. The van der Waals surface area contributed by atoms with Crippen LogP contribution in [-0.2, 0) is 11.3 Å². The first-order valence-electron chi connectivity index (χ1n) is 12.2. The maximum Gasteiger partial charge on any atom is 0.306 e. The number of pyridine rings is 2. The molecule has 4 aromatic heterocycles. The van der Waals surface area contributed by atoms with Crippen molar-refractivity contribution in [2.24, 2.45) is 11.8 Å². The van der Waals surface area contributed by atoms with E-state index in [1.54, 1.807) is 12.4 Å². The largest absolute Gasteiger partial charge is 0.491 e. The topological polar surface area (TPSA) is 136 Å². The molecule has 1 saturated carbocycles. The molecular formula is C27H28N6O4. The minimum absolute atomic E-state index is 0.244. The Kier molecular flexibility index (Phi) is 7.07. The predicted octanol–water partition coefficient (Wildman–Crippen LogP) is 4.70. The van der Waals surface area contributed by atoms with Crippen molar-refractivity contribution in [2.75, 3.05) is 11.9 Å². The van der Waals surface area contributed by atoms with E-state index in [4.69, 9.17) is 14.2 Å². The van der Waals surface area contributed by atoms with Crippen molar-refractivity contribution in [3.63, 3.8) is 0 Å². The lowest BCUT2D eigenvalue weighted by Gasteiger charge is -2.14. The molecule has 2 N–H and O–H groups in total. The zero-order valence-corrected chi connectivity index (χ0v) is 20.7. The number of nitrogens with one attached hydrogen (secondary N) is 1. The van der Waals surface area contributed by atoms with Crippen LogP contribution in [0, 0.1) is 25.7 Å². The molecule has 5 rings (SSSR count). The van der Waals surface area contributed by atoms with Crippen molar-refractivity contribution < 1.29 is 19.2 Å². The normalized spacial score (nSPS) is 17.0. The molecule has 0 amide bonds. The minimum Gasteiger partial charge on any atom is -0.491 e. The SMILES string of the molecule is Cc1nc(-c2onc(C)c2CNc2nccc(-c3ccccn3)n2)ccc1OCC1CCC(C(=O)O)C1. The summed E-state index contributed by atoms with van der Waals surface area (Å²) in [6.45, 7) is 4.65. The summed E-state index contributed by atoms with van der Waals surface area (Å²) in [6.07, 6.45) is 5.65. The van der Waals surface area contributed by atoms with Crippen LogP contribution in [0.2, 0.25) is 0 Å². The average molecular weight is 501 g/mol. The Morgan fingerprint density at radius 2 is 1.92 bits per heavy atom. The standard InChI is InChI=1S/C27H28N6O4/c1-16-20(14-30-27-29-12-10-22(32-27)21-5-3-4-11-28-21)25(37-33-16)23-8-9-24(17(2)31-23)36-15-18-6-7-19(13-18)26(34)35/h3-5,8-12,18-19H,6-7,13-15H2,1-2H3,(H,34,35)(H,29,30,32). The van der Waals surface area contributed by atoms with Gasteiger partial charge in [-0.05, 0) is 69.4 Å². The van der Waals surface area contributed by atoms with Crippen molar-refractivity contribution in [1.82, 2.24) is 25.1 Å². The molecule has 10 heteroatoms. The number of hydrogen-bond acceptors (Lipinski definition) is 9. The van der Waals surface area contributed by atoms with E-state index < -0.39 is 5.97 Å². The summed E-state index contributed by atoms with van der Waals surface area (Å²) in [4.78, 5) is 29.1. The second kappa shape index (κ2) is 10.7. The molecule has 4 heterocycles. The van der Waals surface area contributed by atoms with Crippen molar-refractivity contribution in [3.05, 3.63) is 65.7 Å². The van der Waals surface area contributed by atoms with Gasteiger partial charge in [-0.25, -0.2) is 15.0 Å². The smallest absolute Gasteiger partial charge is 0.306 e. The van der Waals surface area contributed by atoms with Gasteiger partial charge in [-0.2, -0.15) is 0 Å². The summed E-state index contributed by atoms with van der Waals surface area (Å²) in [5.41, 5.74) is 4.48. The van der Waals surface area contributed by atoms with E-state index in [1.165, 1.54) is 0 Å². The average Bonchev–Trinajstić information content (AvgIpc) is 3.54. The lowest BCUT2D eigenvalue weighted by Crippen LogP contribution is -2.13. The fourth-order valence-electron chi connectivity index (χ4n) is 4.55. The number of rotatable bonds is 9. The van der Waals surface area contributed by atoms with E-state index in [0.29, 0.717) is 49.1 Å². The maximum absolute atomic E-state index is 11.2. The highest BCUT2D eigenvalue weighted by Crippen LogP contribution is 2.33. The third-order valence-corrected chi connectivity index (χ3v) is 6.63. The molecule has 0 aromatic carbocycles. The molecule has 1 aliphatic carbocycles. The molecule has 0 bridgehead atoms. The van der Waals surface area contributed by atoms with Gasteiger partial charge in [-0.15, -0.1) is 0 Å². The van der Waals surface area contributed by atoms with Crippen molar-refractivity contribution in [3.8, 4) is 28.6 Å². The van der Waals surface area contributed by atoms with Gasteiger partial charge in [-0.1, -0.05) is 11.2 Å². The Morgan fingerprint density at radius 1 is 1.03 bits per heavy atom. The predicted molar refractivity (Wildman–Crippen MR) is 136 cm³/mol. The zero-order valence-electron chi connectivity index (χ0n) is 20.7. The first-order chi connectivity index (χ1) is 18.0. The molecule has 2 unspecified atom stereocenters. The van der Waals surface area contributed by atoms with E-state index in [0.717, 1.165) is 34.8 Å². The van der Waals surface area contributed by atoms with Gasteiger partial charge in [0.05, 0.1) is 35.3 Å². The van der Waals surface area contributed by atoms with E-state index in [1.807, 2.05) is 50.2 Å². The van der Waals surface area contributed by atoms with Crippen molar-refractivity contribution >= 4 is 11.9 Å². The molecule has 1 fully saturated rings. The van der Waals surface area contributed by atoms with Gasteiger partial charge >= 0.3 is 5.97 Å². The van der Waals surface area contributed by atoms with Crippen molar-refractivity contribution in [2.45, 2.75) is 39.7 Å². The van der Waals surface area contributed by atoms with Gasteiger partial charge in [-0.3, -0.25) is 9.78 Å². The van der Waals surface area contributed by atoms with E-state index in [2.05, 4.69) is 25.4 Å². The quantitative estimate of drug-likeness (QED) is 0.333. The number of ether oxygens (including phenoxy) is 1. The number of hydrogen-bond donors (Lipinski definition) is 2. The van der Waals surface area contributed by atoms with E-state index in [9.17, 15) is 9.90 Å². The van der Waals surface area contributed by atoms with E-state index >= 15 is 0 Å². The number of aliphatic carboxylic acids is 1. The Balaban J connectivity index is 1.26. The number of carboxylic acid groups (broad SMARTS) is 1. The maximum atomic E-state index is 11.2. The van der Waals surface area contributed by atoms with Crippen LogP contribution in [0.5, 0.6) is 5.75 Å². The Morgan fingerprint density at radius 3 is 2.68 bits per heavy atom. The summed E-state index contributed by atoms with van der Waals surface area (Å²) < 4.78 is 11.6. The highest BCUT2D eigenvalue weighted by Gasteiger charge is 2.30. The molecule has 1 aliphatic rings. The number of nitrogens with zero attached hydrogens (tertiary/aromatic N) is 5. The van der Waals surface area contributed by atoms with Gasteiger partial charge < -0.3 is 19.7 Å². The summed E-state index contributed by atoms with van der Waals surface area (Å²) in [7, 11) is 0. The third-order valence-electron chi connectivity index (χ3n) is 6.63. The lowest BCUT2D eigenvalue weighted by atomic mass is 10.1. The second-order valence-corrected chi connectivity index (χ2v) is 9.21. The van der Waals surface area contributed by atoms with E-state index in [-0.39, 0.29) is 11.8 Å². The third kappa shape index (κ3) is 5.58. The molecular weight excluding hydrogens is 472 g/mol. The first kappa shape index (κ1) is 24.4. The monoisotopic (exact) mass is 500 g/mol. The summed E-state index contributed by atoms with van der Waals surface area (Å²) in [6, 6.07) is 11.2. The van der Waals surface area contributed by atoms with Crippen LogP contribution in [0.1, 0.15) is 36.2 Å². The molecule has 0 saturated heterocycles. The van der Waals surface area contributed by atoms with Gasteiger partial charge in [0, 0.05) is 24.5 Å². The highest BCUT2D eigenvalue weighted by atomic mass is 16.5. The zero-order chi connectivity index (χ0) is 25.8. The van der Waals surface area contributed by atoms with Crippen LogP contribution in [0.3, 0.4) is 0 Å². The Bertz CT molecular complexity index is 1390. The lowest BCUT2D eigenvalue weighted by molar-refractivity contribution is -0.141. The van der Waals surface area contributed by atoms with Crippen LogP contribution in [0.15, 0.2) is 53.3 Å². The minimum atomic E-state index is -0.718. The molecule has 190 valence electrons. The van der Waals surface area contributed by atoms with Gasteiger partial charge in [0.1, 0.15) is 11.4 Å². The van der Waals surface area contributed by atoms with Crippen LogP contribution >= 0.6 is 0 Å². The number of carboxylic acids is 1. The second-order valence-electron chi connectivity index (χ2n) is 9.21. The molecule has 2 atom stereocenters. The highest BCUT2D eigenvalue weighted by molar-refractivity contribution is 5.70. The van der Waals surface area contributed by atoms with Crippen LogP contribution < -0.4 is 10.1 Å². The molecule has 0 aliphatic heterocycles. The van der Waals surface area contributed by atoms with Gasteiger partial charge in [0.25, 0.3) is 0 Å². The van der Waals surface area contributed by atoms with Crippen LogP contribution in [-0.4, -0.2) is 42.8 Å². The fourth-order valence-corrected chi connectivity index (χ4v) is 4.55. The van der Waals surface area contributed by atoms with Crippen LogP contribution in [0.4, 0.5) is 5.95 Å². The Labute approximate surface area is 214 Å². The molecule has 0 spiro atoms. The van der Waals surface area contributed by atoms with Gasteiger partial charge in [0.15, 0.2) is 5.76 Å². The number of carbonyl (C=O) groups is 1. The molecule has 37 heavy (non-hydrogen) atoms. The van der Waals surface area contributed by atoms with Crippen LogP contribution in [0.25, 0.3) is 22.8 Å². The van der Waals surface area contributed by atoms with Crippen molar-refractivity contribution in [1.29, 1.82) is 0 Å².